The second-order valence-electron chi connectivity index (χ2n) is 1.58. The van der Waals surface area contributed by atoms with Gasteiger partial charge in [0.25, 0.3) is 0 Å². The number of nitrogens with one attached hydrogen (secondary N) is 1. The summed E-state index contributed by atoms with van der Waals surface area (Å²) in [7, 11) is 0. The van der Waals surface area contributed by atoms with Crippen molar-refractivity contribution in [3.05, 3.63) is 21.6 Å². The molecule has 1 heterocycles. The Morgan fingerprint density at radius 1 is 1.70 bits per heavy atom. The van der Waals surface area contributed by atoms with Crippen LogP contribution in [-0.4, -0.2) is 11.4 Å². The van der Waals surface area contributed by atoms with Crippen LogP contribution in [0.2, 0.25) is 0 Å². The molecule has 0 atom stereocenters. The lowest BCUT2D eigenvalue weighted by molar-refractivity contribution is 0.414. The Morgan fingerprint density at radius 3 is 3.10 bits per heavy atom. The smallest absolute Gasteiger partial charge is 0.184 e. The summed E-state index contributed by atoms with van der Waals surface area (Å²) in [6, 6.07) is 0. The van der Waals surface area contributed by atoms with Crippen molar-refractivity contribution >= 4 is 34.9 Å². The van der Waals surface area contributed by atoms with Gasteiger partial charge in [-0.2, -0.15) is 0 Å². The van der Waals surface area contributed by atoms with Crippen LogP contribution in [0.1, 0.15) is 11.3 Å². The molecule has 0 saturated carbocycles. The van der Waals surface area contributed by atoms with Crippen LogP contribution in [0.25, 0.3) is 6.08 Å². The highest BCUT2D eigenvalue weighted by Gasteiger charge is 1.98. The number of nitrogens with zero attached hydrogens (tertiary/aromatic N) is 1. The fraction of sp³-hybridized carbons (Fsp3) is 0. The van der Waals surface area contributed by atoms with Crippen molar-refractivity contribution in [2.75, 3.05) is 0 Å². The van der Waals surface area contributed by atoms with Crippen LogP contribution in [0.4, 0.5) is 0 Å². The molecule has 1 rings (SSSR count). The maximum absolute atomic E-state index is 6.88. The number of halogens is 1. The number of rotatable bonds is 2. The molecule has 0 aliphatic rings. The van der Waals surface area contributed by atoms with Crippen LogP contribution in [-0.2, 0) is 0 Å². The first-order valence-electron chi connectivity index (χ1n) is 2.60. The number of aromatic nitrogens is 1. The van der Waals surface area contributed by atoms with E-state index in [-0.39, 0.29) is 0 Å². The van der Waals surface area contributed by atoms with Gasteiger partial charge in [0.2, 0.25) is 0 Å². The first kappa shape index (κ1) is 7.46. The van der Waals surface area contributed by atoms with Crippen LogP contribution >= 0.6 is 22.6 Å². The van der Waals surface area contributed by atoms with E-state index >= 15 is 0 Å². The summed E-state index contributed by atoms with van der Waals surface area (Å²) in [4.78, 5) is 0. The predicted molar refractivity (Wildman–Crippen MR) is 47.4 cm³/mol. The van der Waals surface area contributed by atoms with Crippen LogP contribution in [0.3, 0.4) is 0 Å². The van der Waals surface area contributed by atoms with Crippen molar-refractivity contribution in [2.24, 2.45) is 0 Å². The first-order chi connectivity index (χ1) is 4.88. The molecule has 0 bridgehead atoms. The molecule has 0 aromatic carbocycles. The molecule has 0 fully saturated rings. The van der Waals surface area contributed by atoms with Gasteiger partial charge in [-0.25, -0.2) is 0 Å². The first-order valence-corrected chi connectivity index (χ1v) is 3.85. The summed E-state index contributed by atoms with van der Waals surface area (Å²) in [5.41, 5.74) is 0.837. The van der Waals surface area contributed by atoms with Gasteiger partial charge in [-0.3, -0.25) is 0 Å². The molecule has 0 aliphatic heterocycles. The van der Waals surface area contributed by atoms with Gasteiger partial charge in [0.15, 0.2) is 5.76 Å². The third-order valence-electron chi connectivity index (χ3n) is 1.00. The van der Waals surface area contributed by atoms with E-state index in [4.69, 9.17) is 9.93 Å². The molecule has 1 aromatic rings. The van der Waals surface area contributed by atoms with E-state index in [1.165, 1.54) is 0 Å². The molecule has 52 valence electrons. The summed E-state index contributed by atoms with van der Waals surface area (Å²) in [6.07, 6.45) is 4.55. The molecule has 1 aromatic heterocycles. The van der Waals surface area contributed by atoms with Crippen LogP contribution in [0.5, 0.6) is 0 Å². The van der Waals surface area contributed by atoms with Gasteiger partial charge in [-0.05, 0) is 10.2 Å². The van der Waals surface area contributed by atoms with Crippen LogP contribution < -0.4 is 0 Å². The van der Waals surface area contributed by atoms with Gasteiger partial charge >= 0.3 is 0 Å². The van der Waals surface area contributed by atoms with Crippen molar-refractivity contribution in [3.63, 3.8) is 0 Å². The largest absolute Gasteiger partial charge is 0.355 e. The molecule has 0 amide bonds. The summed E-state index contributed by atoms with van der Waals surface area (Å²) in [5, 5.41) is 10.4. The minimum Gasteiger partial charge on any atom is -0.355 e. The Morgan fingerprint density at radius 2 is 2.50 bits per heavy atom. The summed E-state index contributed by atoms with van der Waals surface area (Å²) in [5.74, 6) is 0.493. The highest BCUT2D eigenvalue weighted by Crippen LogP contribution is 2.07. The fourth-order valence-corrected chi connectivity index (χ4v) is 0.946. The Balaban J connectivity index is 3.00. The quantitative estimate of drug-likeness (QED) is 0.643. The van der Waals surface area contributed by atoms with E-state index in [0.29, 0.717) is 5.76 Å². The lowest BCUT2D eigenvalue weighted by atomic mass is 10.3. The van der Waals surface area contributed by atoms with Crippen molar-refractivity contribution in [3.8, 4) is 0 Å². The average Bonchev–Trinajstić information content (AvgIpc) is 2.36. The Bertz CT molecular complexity index is 254. The summed E-state index contributed by atoms with van der Waals surface area (Å²) in [6.45, 7) is 0. The molecule has 0 aliphatic carbocycles. The van der Waals surface area contributed by atoms with Crippen molar-refractivity contribution in [1.82, 2.24) is 5.16 Å². The monoisotopic (exact) mass is 248 g/mol. The Labute approximate surface area is 71.7 Å². The van der Waals surface area contributed by atoms with Gasteiger partial charge in [0, 0.05) is 5.56 Å². The molecule has 0 saturated heterocycles. The molecule has 0 spiro atoms. The third-order valence-corrected chi connectivity index (χ3v) is 1.36. The van der Waals surface area contributed by atoms with Gasteiger partial charge in [-0.15, -0.1) is 0 Å². The summed E-state index contributed by atoms with van der Waals surface area (Å²) >= 11 is 2.10. The standard InChI is InChI=1S/C6H5IN2O/c7-2-1-5-4-9-10-6(5)3-8/h1-4,8H/b2-1-,8-3?. The van der Waals surface area contributed by atoms with E-state index in [1.54, 1.807) is 6.20 Å². The number of hydrogen-bond donors (Lipinski definition) is 1. The van der Waals surface area contributed by atoms with E-state index in [0.717, 1.165) is 11.8 Å². The Kier molecular flexibility index (Phi) is 2.61. The number of hydrogen-bond acceptors (Lipinski definition) is 3. The molecule has 1 N–H and O–H groups in total. The van der Waals surface area contributed by atoms with E-state index < -0.39 is 0 Å². The molecule has 0 unspecified atom stereocenters. The molecule has 3 nitrogen and oxygen atoms in total. The predicted octanol–water partition coefficient (Wildman–Crippen LogP) is 2.08. The van der Waals surface area contributed by atoms with Gasteiger partial charge < -0.3 is 9.93 Å². The third kappa shape index (κ3) is 1.44. The van der Waals surface area contributed by atoms with Crippen LogP contribution in [0.15, 0.2) is 14.8 Å². The molecule has 0 radical (unpaired) electrons. The van der Waals surface area contributed by atoms with Gasteiger partial charge in [0.1, 0.15) is 0 Å². The second-order valence-corrected chi connectivity index (χ2v) is 2.30. The fourth-order valence-electron chi connectivity index (χ4n) is 0.559. The molecule has 4 heteroatoms. The van der Waals surface area contributed by atoms with E-state index in [2.05, 4.69) is 27.7 Å². The zero-order chi connectivity index (χ0) is 7.40. The topological polar surface area (TPSA) is 49.9 Å². The van der Waals surface area contributed by atoms with E-state index in [9.17, 15) is 0 Å². The SMILES string of the molecule is N=Cc1oncc1/C=C\I. The maximum atomic E-state index is 6.88. The van der Waals surface area contributed by atoms with Crippen molar-refractivity contribution in [1.29, 1.82) is 5.41 Å². The summed E-state index contributed by atoms with van der Waals surface area (Å²) < 4.78 is 6.56. The highest BCUT2D eigenvalue weighted by molar-refractivity contribution is 14.1. The molecular weight excluding hydrogens is 243 g/mol. The molecular formula is C6H5IN2O. The normalized spacial score (nSPS) is 10.5. The maximum Gasteiger partial charge on any atom is 0.184 e. The average molecular weight is 248 g/mol. The van der Waals surface area contributed by atoms with Crippen molar-refractivity contribution in [2.45, 2.75) is 0 Å². The molecule has 10 heavy (non-hydrogen) atoms. The lowest BCUT2D eigenvalue weighted by Crippen LogP contribution is -1.75. The van der Waals surface area contributed by atoms with Gasteiger partial charge in [0.05, 0.1) is 12.4 Å². The van der Waals surface area contributed by atoms with Crippen molar-refractivity contribution < 1.29 is 4.52 Å². The zero-order valence-corrected chi connectivity index (χ0v) is 7.20. The van der Waals surface area contributed by atoms with Crippen LogP contribution in [0, 0.1) is 5.41 Å². The lowest BCUT2D eigenvalue weighted by Gasteiger charge is -1.81. The second kappa shape index (κ2) is 3.50. The highest BCUT2D eigenvalue weighted by atomic mass is 127. The zero-order valence-electron chi connectivity index (χ0n) is 5.04. The van der Waals surface area contributed by atoms with Gasteiger partial charge in [-0.1, -0.05) is 27.7 Å². The minimum atomic E-state index is 0.493. The Hall–Kier alpha value is -0.650. The van der Waals surface area contributed by atoms with E-state index in [1.807, 2.05) is 10.2 Å². The minimum absolute atomic E-state index is 0.493.